The number of hydrogen-bond donors (Lipinski definition) is 1. The standard InChI is InChI=1S/C23H23N3O4/c1-5-28-17-8-6-7-15-13-18(29-19(15)17)21-25-26-22(30-21)24-20(27)14-9-11-16(12-10-14)23(2,3)4/h6-13H,5H2,1-4H3,(H,24,26,27). The van der Waals surface area contributed by atoms with Crippen molar-refractivity contribution in [3.8, 4) is 17.4 Å². The molecule has 2 aromatic heterocycles. The lowest BCUT2D eigenvalue weighted by Gasteiger charge is -2.18. The van der Waals surface area contributed by atoms with Crippen molar-refractivity contribution in [2.75, 3.05) is 11.9 Å². The number of aromatic nitrogens is 2. The van der Waals surface area contributed by atoms with E-state index >= 15 is 0 Å². The number of hydrogen-bond acceptors (Lipinski definition) is 6. The number of nitrogens with one attached hydrogen (secondary N) is 1. The summed E-state index contributed by atoms with van der Waals surface area (Å²) in [5, 5.41) is 11.4. The van der Waals surface area contributed by atoms with E-state index in [4.69, 9.17) is 13.6 Å². The van der Waals surface area contributed by atoms with Gasteiger partial charge in [0.2, 0.25) is 0 Å². The molecule has 7 nitrogen and oxygen atoms in total. The number of carbonyl (C=O) groups excluding carboxylic acids is 1. The van der Waals surface area contributed by atoms with Gasteiger partial charge in [0.25, 0.3) is 11.8 Å². The zero-order valence-corrected chi connectivity index (χ0v) is 17.4. The molecule has 1 N–H and O–H groups in total. The maximum absolute atomic E-state index is 12.5. The first kappa shape index (κ1) is 19.7. The molecule has 30 heavy (non-hydrogen) atoms. The second kappa shape index (κ2) is 7.67. The third-order valence-corrected chi connectivity index (χ3v) is 4.68. The third kappa shape index (κ3) is 3.91. The summed E-state index contributed by atoms with van der Waals surface area (Å²) >= 11 is 0. The maximum Gasteiger partial charge on any atom is 0.322 e. The molecule has 0 bridgehead atoms. The number of ether oxygens (including phenoxy) is 1. The Morgan fingerprint density at radius 3 is 2.53 bits per heavy atom. The fourth-order valence-corrected chi connectivity index (χ4v) is 3.08. The zero-order chi connectivity index (χ0) is 21.3. The van der Waals surface area contributed by atoms with Crippen LogP contribution in [-0.4, -0.2) is 22.7 Å². The smallest absolute Gasteiger partial charge is 0.322 e. The van der Waals surface area contributed by atoms with E-state index in [1.807, 2.05) is 37.3 Å². The lowest BCUT2D eigenvalue weighted by molar-refractivity contribution is 0.102. The van der Waals surface area contributed by atoms with Gasteiger partial charge in [0.05, 0.1) is 6.61 Å². The summed E-state index contributed by atoms with van der Waals surface area (Å²) in [6.45, 7) is 8.81. The lowest BCUT2D eigenvalue weighted by atomic mass is 9.87. The monoisotopic (exact) mass is 405 g/mol. The second-order valence-corrected chi connectivity index (χ2v) is 7.91. The summed E-state index contributed by atoms with van der Waals surface area (Å²) in [7, 11) is 0. The minimum atomic E-state index is -0.325. The fraction of sp³-hybridized carbons (Fsp3) is 0.261. The van der Waals surface area contributed by atoms with Gasteiger partial charge in [-0.1, -0.05) is 50.1 Å². The maximum atomic E-state index is 12.5. The molecule has 154 valence electrons. The molecule has 1 amide bonds. The van der Waals surface area contributed by atoms with Crippen LogP contribution in [0.1, 0.15) is 43.6 Å². The highest BCUT2D eigenvalue weighted by atomic mass is 16.5. The molecule has 0 saturated carbocycles. The summed E-state index contributed by atoms with van der Waals surface area (Å²) < 4.78 is 17.0. The lowest BCUT2D eigenvalue weighted by Crippen LogP contribution is -2.14. The van der Waals surface area contributed by atoms with Gasteiger partial charge in [-0.25, -0.2) is 0 Å². The highest BCUT2D eigenvalue weighted by molar-refractivity contribution is 6.03. The molecule has 7 heteroatoms. The first-order valence-corrected chi connectivity index (χ1v) is 9.76. The van der Waals surface area contributed by atoms with E-state index in [1.54, 1.807) is 18.2 Å². The molecular weight excluding hydrogens is 382 g/mol. The van der Waals surface area contributed by atoms with Gasteiger partial charge in [0.1, 0.15) is 0 Å². The van der Waals surface area contributed by atoms with Gasteiger partial charge < -0.3 is 13.6 Å². The predicted molar refractivity (Wildman–Crippen MR) is 114 cm³/mol. The molecule has 0 aliphatic carbocycles. The summed E-state index contributed by atoms with van der Waals surface area (Å²) in [4.78, 5) is 12.5. The molecule has 0 unspecified atom stereocenters. The van der Waals surface area contributed by atoms with Crippen LogP contribution in [0.15, 0.2) is 57.4 Å². The molecule has 0 spiro atoms. The van der Waals surface area contributed by atoms with Gasteiger partial charge in [0, 0.05) is 10.9 Å². The first-order chi connectivity index (χ1) is 14.3. The van der Waals surface area contributed by atoms with Crippen molar-refractivity contribution in [3.05, 3.63) is 59.7 Å². The van der Waals surface area contributed by atoms with Crippen molar-refractivity contribution < 1.29 is 18.4 Å². The van der Waals surface area contributed by atoms with E-state index in [0.717, 1.165) is 10.9 Å². The Labute approximate surface area is 174 Å². The van der Waals surface area contributed by atoms with E-state index in [-0.39, 0.29) is 23.2 Å². The van der Waals surface area contributed by atoms with Crippen LogP contribution in [0, 0.1) is 0 Å². The Balaban J connectivity index is 1.52. The van der Waals surface area contributed by atoms with Gasteiger partial charge in [-0.2, -0.15) is 0 Å². The van der Waals surface area contributed by atoms with E-state index in [0.29, 0.717) is 29.3 Å². The Morgan fingerprint density at radius 1 is 1.07 bits per heavy atom. The van der Waals surface area contributed by atoms with Gasteiger partial charge in [-0.3, -0.25) is 10.1 Å². The predicted octanol–water partition coefficient (Wildman–Crippen LogP) is 5.43. The number of para-hydroxylation sites is 1. The number of benzene rings is 2. The highest BCUT2D eigenvalue weighted by Gasteiger charge is 2.18. The number of nitrogens with zero attached hydrogens (tertiary/aromatic N) is 2. The number of amides is 1. The number of furan rings is 1. The first-order valence-electron chi connectivity index (χ1n) is 9.76. The summed E-state index contributed by atoms with van der Waals surface area (Å²) in [5.41, 5.74) is 2.28. The number of fused-ring (bicyclic) bond motifs is 1. The Hall–Kier alpha value is -3.61. The third-order valence-electron chi connectivity index (χ3n) is 4.68. The van der Waals surface area contributed by atoms with Crippen LogP contribution >= 0.6 is 0 Å². The van der Waals surface area contributed by atoms with Crippen molar-refractivity contribution in [2.45, 2.75) is 33.1 Å². The van der Waals surface area contributed by atoms with E-state index in [1.165, 1.54) is 0 Å². The van der Waals surface area contributed by atoms with Crippen LogP contribution in [0.3, 0.4) is 0 Å². The number of carbonyl (C=O) groups is 1. The Kier molecular flexibility index (Phi) is 5.03. The van der Waals surface area contributed by atoms with Crippen molar-refractivity contribution in [2.24, 2.45) is 0 Å². The molecular formula is C23H23N3O4. The summed E-state index contributed by atoms with van der Waals surface area (Å²) in [5.74, 6) is 0.897. The Morgan fingerprint density at radius 2 is 1.83 bits per heavy atom. The minimum Gasteiger partial charge on any atom is -0.490 e. The quantitative estimate of drug-likeness (QED) is 0.476. The molecule has 2 aromatic carbocycles. The van der Waals surface area contributed by atoms with Crippen LogP contribution in [0.2, 0.25) is 0 Å². The van der Waals surface area contributed by atoms with Crippen molar-refractivity contribution >= 4 is 22.9 Å². The molecule has 0 fully saturated rings. The normalized spacial score (nSPS) is 11.6. The molecule has 4 rings (SSSR count). The van der Waals surface area contributed by atoms with Crippen LogP contribution < -0.4 is 10.1 Å². The van der Waals surface area contributed by atoms with Gasteiger partial charge in [0.15, 0.2) is 17.1 Å². The molecule has 0 saturated heterocycles. The summed E-state index contributed by atoms with van der Waals surface area (Å²) in [6.07, 6.45) is 0. The molecule has 4 aromatic rings. The van der Waals surface area contributed by atoms with E-state index < -0.39 is 0 Å². The molecule has 0 aliphatic heterocycles. The van der Waals surface area contributed by atoms with Crippen molar-refractivity contribution in [1.29, 1.82) is 0 Å². The largest absolute Gasteiger partial charge is 0.490 e. The SMILES string of the molecule is CCOc1cccc2cc(-c3nnc(NC(=O)c4ccc(C(C)(C)C)cc4)o3)oc12. The van der Waals surface area contributed by atoms with Crippen LogP contribution in [0.25, 0.3) is 22.6 Å². The van der Waals surface area contributed by atoms with Gasteiger partial charge in [-0.15, -0.1) is 5.10 Å². The van der Waals surface area contributed by atoms with Crippen LogP contribution in [0.5, 0.6) is 5.75 Å². The topological polar surface area (TPSA) is 90.4 Å². The summed E-state index contributed by atoms with van der Waals surface area (Å²) in [6, 6.07) is 14.9. The van der Waals surface area contributed by atoms with Crippen LogP contribution in [0.4, 0.5) is 6.01 Å². The van der Waals surface area contributed by atoms with E-state index in [9.17, 15) is 4.79 Å². The van der Waals surface area contributed by atoms with Gasteiger partial charge >= 0.3 is 6.01 Å². The van der Waals surface area contributed by atoms with E-state index in [2.05, 4.69) is 36.3 Å². The average Bonchev–Trinajstić information content (AvgIpc) is 3.35. The molecule has 0 atom stereocenters. The Bertz CT molecular complexity index is 1180. The number of rotatable bonds is 5. The fourth-order valence-electron chi connectivity index (χ4n) is 3.08. The van der Waals surface area contributed by atoms with Crippen LogP contribution in [-0.2, 0) is 5.41 Å². The number of anilines is 1. The second-order valence-electron chi connectivity index (χ2n) is 7.91. The van der Waals surface area contributed by atoms with Gasteiger partial charge in [-0.05, 0) is 42.2 Å². The molecule has 2 heterocycles. The minimum absolute atomic E-state index is 0.000357. The van der Waals surface area contributed by atoms with Crippen molar-refractivity contribution in [3.63, 3.8) is 0 Å². The molecule has 0 radical (unpaired) electrons. The average molecular weight is 405 g/mol. The zero-order valence-electron chi connectivity index (χ0n) is 17.4. The van der Waals surface area contributed by atoms with Crippen molar-refractivity contribution in [1.82, 2.24) is 10.2 Å². The highest BCUT2D eigenvalue weighted by Crippen LogP contribution is 2.33. The molecule has 0 aliphatic rings.